The van der Waals surface area contributed by atoms with Crippen LogP contribution in [0.25, 0.3) is 0 Å². The number of halogens is 1. The van der Waals surface area contributed by atoms with Gasteiger partial charge in [-0.25, -0.2) is 4.79 Å². The van der Waals surface area contributed by atoms with Crippen LogP contribution in [0.4, 0.5) is 21.9 Å². The summed E-state index contributed by atoms with van der Waals surface area (Å²) in [6, 6.07) is 11.5. The maximum absolute atomic E-state index is 12.5. The average Bonchev–Trinajstić information content (AvgIpc) is 2.62. The van der Waals surface area contributed by atoms with Gasteiger partial charge in [0.15, 0.2) is 6.61 Å². The zero-order valence-corrected chi connectivity index (χ0v) is 17.6. The van der Waals surface area contributed by atoms with E-state index in [0.717, 1.165) is 0 Å². The van der Waals surface area contributed by atoms with Crippen LogP contribution in [-0.4, -0.2) is 36.7 Å². The van der Waals surface area contributed by atoms with Crippen molar-refractivity contribution in [2.45, 2.75) is 26.4 Å². The van der Waals surface area contributed by atoms with E-state index in [0.29, 0.717) is 27.8 Å². The van der Waals surface area contributed by atoms with Gasteiger partial charge in [-0.1, -0.05) is 17.7 Å². The van der Waals surface area contributed by atoms with E-state index in [2.05, 4.69) is 10.6 Å². The van der Waals surface area contributed by atoms with Crippen LogP contribution in [0.5, 0.6) is 5.75 Å². The van der Waals surface area contributed by atoms with Crippen LogP contribution in [-0.2, 0) is 14.3 Å². The fourth-order valence-electron chi connectivity index (χ4n) is 2.79. The molecule has 0 aromatic heterocycles. The van der Waals surface area contributed by atoms with Crippen molar-refractivity contribution in [1.29, 1.82) is 0 Å². The van der Waals surface area contributed by atoms with Crippen LogP contribution in [0.1, 0.15) is 20.8 Å². The molecule has 0 saturated heterocycles. The molecule has 3 rings (SSSR count). The molecule has 1 aliphatic heterocycles. The van der Waals surface area contributed by atoms with Gasteiger partial charge in [-0.05, 0) is 57.2 Å². The van der Waals surface area contributed by atoms with Gasteiger partial charge in [0.1, 0.15) is 17.9 Å². The fourth-order valence-corrected chi connectivity index (χ4v) is 2.98. The molecule has 9 heteroatoms. The first kappa shape index (κ1) is 21.4. The number of benzene rings is 2. The molecule has 1 heterocycles. The number of carbonyl (C=O) groups is 3. The average molecular weight is 432 g/mol. The molecule has 0 aliphatic carbocycles. The summed E-state index contributed by atoms with van der Waals surface area (Å²) in [5, 5.41) is 5.80. The molecule has 2 aromatic carbocycles. The second-order valence-electron chi connectivity index (χ2n) is 7.64. The number of ether oxygens (including phenoxy) is 2. The van der Waals surface area contributed by atoms with E-state index in [4.69, 9.17) is 21.1 Å². The van der Waals surface area contributed by atoms with Crippen molar-refractivity contribution >= 4 is 46.6 Å². The molecule has 0 saturated carbocycles. The number of rotatable bonds is 4. The Morgan fingerprint density at radius 3 is 2.57 bits per heavy atom. The molecule has 2 N–H and O–H groups in total. The second kappa shape index (κ2) is 8.62. The maximum atomic E-state index is 12.5. The Morgan fingerprint density at radius 2 is 1.87 bits per heavy atom. The summed E-state index contributed by atoms with van der Waals surface area (Å²) in [5.74, 6) is -0.345. The van der Waals surface area contributed by atoms with E-state index in [1.165, 1.54) is 4.90 Å². The minimum absolute atomic E-state index is 0.184. The third kappa shape index (κ3) is 5.64. The second-order valence-corrected chi connectivity index (χ2v) is 8.07. The molecule has 3 amide bonds. The van der Waals surface area contributed by atoms with Gasteiger partial charge in [0.2, 0.25) is 5.91 Å². The molecule has 0 fully saturated rings. The van der Waals surface area contributed by atoms with Crippen LogP contribution < -0.4 is 20.3 Å². The highest BCUT2D eigenvalue weighted by Gasteiger charge is 2.28. The van der Waals surface area contributed by atoms with Gasteiger partial charge in [-0.15, -0.1) is 0 Å². The lowest BCUT2D eigenvalue weighted by molar-refractivity contribution is -0.123. The van der Waals surface area contributed by atoms with Crippen molar-refractivity contribution in [2.24, 2.45) is 0 Å². The highest BCUT2D eigenvalue weighted by atomic mass is 35.5. The lowest BCUT2D eigenvalue weighted by atomic mass is 10.2. The van der Waals surface area contributed by atoms with E-state index in [1.54, 1.807) is 63.2 Å². The van der Waals surface area contributed by atoms with Crippen LogP contribution in [0.3, 0.4) is 0 Å². The third-order valence-electron chi connectivity index (χ3n) is 3.96. The lowest BCUT2D eigenvalue weighted by Crippen LogP contribution is -2.43. The molecule has 158 valence electrons. The Hall–Kier alpha value is -3.26. The normalized spacial score (nSPS) is 13.2. The Labute approximate surface area is 179 Å². The fraction of sp³-hybridized carbons (Fsp3) is 0.286. The van der Waals surface area contributed by atoms with Crippen LogP contribution in [0.2, 0.25) is 5.02 Å². The molecule has 0 spiro atoms. The molecular weight excluding hydrogens is 410 g/mol. The number of anilines is 3. The lowest BCUT2D eigenvalue weighted by Gasteiger charge is -2.29. The highest BCUT2D eigenvalue weighted by Crippen LogP contribution is 2.34. The summed E-state index contributed by atoms with van der Waals surface area (Å²) in [6.07, 6.45) is -0.629. The molecule has 0 unspecified atom stereocenters. The molecule has 8 nitrogen and oxygen atoms in total. The maximum Gasteiger partial charge on any atom is 0.412 e. The zero-order chi connectivity index (χ0) is 21.9. The van der Waals surface area contributed by atoms with Gasteiger partial charge < -0.3 is 14.8 Å². The van der Waals surface area contributed by atoms with Gasteiger partial charge >= 0.3 is 6.09 Å². The number of hydrogen-bond donors (Lipinski definition) is 2. The highest BCUT2D eigenvalue weighted by molar-refractivity contribution is 6.30. The summed E-state index contributed by atoms with van der Waals surface area (Å²) >= 11 is 5.93. The predicted octanol–water partition coefficient (Wildman–Crippen LogP) is 4.05. The minimum Gasteiger partial charge on any atom is -0.482 e. The Bertz CT molecular complexity index is 987. The summed E-state index contributed by atoms with van der Waals surface area (Å²) in [4.78, 5) is 38.2. The molecule has 30 heavy (non-hydrogen) atoms. The van der Waals surface area contributed by atoms with Crippen molar-refractivity contribution in [1.82, 2.24) is 0 Å². The quantitative estimate of drug-likeness (QED) is 0.761. The molecule has 1 aliphatic rings. The van der Waals surface area contributed by atoms with E-state index in [-0.39, 0.29) is 19.1 Å². The number of carbonyl (C=O) groups excluding carboxylic acids is 3. The van der Waals surface area contributed by atoms with Crippen molar-refractivity contribution < 1.29 is 23.9 Å². The Morgan fingerprint density at radius 1 is 1.13 bits per heavy atom. The molecule has 2 aromatic rings. The molecule has 0 bridgehead atoms. The largest absolute Gasteiger partial charge is 0.482 e. The monoisotopic (exact) mass is 431 g/mol. The van der Waals surface area contributed by atoms with Gasteiger partial charge in [-0.3, -0.25) is 19.8 Å². The van der Waals surface area contributed by atoms with Crippen molar-refractivity contribution in [3.63, 3.8) is 0 Å². The topological polar surface area (TPSA) is 97.0 Å². The van der Waals surface area contributed by atoms with Crippen molar-refractivity contribution in [3.05, 3.63) is 47.5 Å². The van der Waals surface area contributed by atoms with Gasteiger partial charge in [-0.2, -0.15) is 0 Å². The number of nitrogens with one attached hydrogen (secondary N) is 2. The number of fused-ring (bicyclic) bond motifs is 1. The first-order chi connectivity index (χ1) is 14.1. The smallest absolute Gasteiger partial charge is 0.412 e. The van der Waals surface area contributed by atoms with E-state index in [1.807, 2.05) is 0 Å². The Balaban J connectivity index is 1.76. The predicted molar refractivity (Wildman–Crippen MR) is 114 cm³/mol. The third-order valence-corrected chi connectivity index (χ3v) is 4.19. The Kier molecular flexibility index (Phi) is 6.17. The van der Waals surface area contributed by atoms with E-state index >= 15 is 0 Å². The first-order valence-corrected chi connectivity index (χ1v) is 9.61. The number of nitrogens with zero attached hydrogens (tertiary/aromatic N) is 1. The number of amides is 3. The molecular formula is C21H22ClN3O5. The molecule has 0 radical (unpaired) electrons. The van der Waals surface area contributed by atoms with E-state index in [9.17, 15) is 14.4 Å². The van der Waals surface area contributed by atoms with Crippen LogP contribution in [0.15, 0.2) is 42.5 Å². The standard InChI is InChI=1S/C21H22ClN3O5/c1-21(2,3)30-20(28)24-15-7-8-17-16(10-15)25(19(27)12-29-17)11-18(26)23-14-6-4-5-13(22)9-14/h4-10H,11-12H2,1-3H3,(H,23,26)(H,24,28). The summed E-state index contributed by atoms with van der Waals surface area (Å²) < 4.78 is 10.7. The van der Waals surface area contributed by atoms with E-state index < -0.39 is 17.6 Å². The molecule has 0 atom stereocenters. The number of hydrogen-bond acceptors (Lipinski definition) is 5. The van der Waals surface area contributed by atoms with Gasteiger partial charge in [0, 0.05) is 16.4 Å². The van der Waals surface area contributed by atoms with Gasteiger partial charge in [0.25, 0.3) is 5.91 Å². The van der Waals surface area contributed by atoms with Crippen LogP contribution >= 0.6 is 11.6 Å². The zero-order valence-electron chi connectivity index (χ0n) is 16.8. The first-order valence-electron chi connectivity index (χ1n) is 9.23. The van der Waals surface area contributed by atoms with Crippen molar-refractivity contribution in [2.75, 3.05) is 28.7 Å². The summed E-state index contributed by atoms with van der Waals surface area (Å²) in [7, 11) is 0. The van der Waals surface area contributed by atoms with Gasteiger partial charge in [0.05, 0.1) is 5.69 Å². The SMILES string of the molecule is CC(C)(C)OC(=O)Nc1ccc2c(c1)N(CC(=O)Nc1cccc(Cl)c1)C(=O)CO2. The summed E-state index contributed by atoms with van der Waals surface area (Å²) in [6.45, 7) is 4.86. The minimum atomic E-state index is -0.651. The van der Waals surface area contributed by atoms with Crippen LogP contribution in [0, 0.1) is 0 Å². The van der Waals surface area contributed by atoms with Crippen molar-refractivity contribution in [3.8, 4) is 5.75 Å². The summed E-state index contributed by atoms with van der Waals surface area (Å²) in [5.41, 5.74) is 0.651.